The fraction of sp³-hybridized carbons (Fsp3) is 0.316. The molecule has 1 amide bonds. The highest BCUT2D eigenvalue weighted by molar-refractivity contribution is 7.87. The Morgan fingerprint density at radius 2 is 1.84 bits per heavy atom. The van der Waals surface area contributed by atoms with Gasteiger partial charge in [-0.3, -0.25) is 4.79 Å². The van der Waals surface area contributed by atoms with Crippen LogP contribution < -0.4 is 9.50 Å². The fourth-order valence-electron chi connectivity index (χ4n) is 2.47. The third kappa shape index (κ3) is 5.60. The zero-order chi connectivity index (χ0) is 18.4. The molecule has 2 aromatic carbocycles. The minimum Gasteiger partial charge on any atom is -0.379 e. The second kappa shape index (κ2) is 8.16. The maximum Gasteiger partial charge on any atom is 0.339 e. The van der Waals surface area contributed by atoms with Crippen molar-refractivity contribution in [3.8, 4) is 5.75 Å². The Balaban J connectivity index is 2.15. The zero-order valence-corrected chi connectivity index (χ0v) is 15.5. The molecule has 0 spiro atoms. The SMILES string of the molecule is CCC(Cc1cccc(OS(=O)(=O)c2ccc(C)cc2)c1)NC(C)=O. The van der Waals surface area contributed by atoms with E-state index < -0.39 is 10.1 Å². The minimum absolute atomic E-state index is 0.00135. The maximum absolute atomic E-state index is 12.4. The number of benzene rings is 2. The first-order chi connectivity index (χ1) is 11.8. The summed E-state index contributed by atoms with van der Waals surface area (Å²) in [6, 6.07) is 13.4. The van der Waals surface area contributed by atoms with Crippen molar-refractivity contribution < 1.29 is 17.4 Å². The van der Waals surface area contributed by atoms with Crippen LogP contribution in [0, 0.1) is 6.92 Å². The van der Waals surface area contributed by atoms with Gasteiger partial charge in [0.25, 0.3) is 0 Å². The molecule has 2 aromatic rings. The van der Waals surface area contributed by atoms with Crippen LogP contribution in [0.15, 0.2) is 53.4 Å². The normalized spacial score (nSPS) is 12.4. The maximum atomic E-state index is 12.4. The van der Waals surface area contributed by atoms with Gasteiger partial charge in [0.05, 0.1) is 0 Å². The molecule has 0 aromatic heterocycles. The number of carbonyl (C=O) groups excluding carboxylic acids is 1. The van der Waals surface area contributed by atoms with Gasteiger partial charge in [0.15, 0.2) is 0 Å². The molecule has 2 rings (SSSR count). The number of aryl methyl sites for hydroxylation is 1. The third-order valence-corrected chi connectivity index (χ3v) is 5.06. The number of hydrogen-bond donors (Lipinski definition) is 1. The van der Waals surface area contributed by atoms with Gasteiger partial charge in [0, 0.05) is 13.0 Å². The largest absolute Gasteiger partial charge is 0.379 e. The molecule has 134 valence electrons. The van der Waals surface area contributed by atoms with Crippen molar-refractivity contribution in [3.63, 3.8) is 0 Å². The Morgan fingerprint density at radius 1 is 1.16 bits per heavy atom. The summed E-state index contributed by atoms with van der Waals surface area (Å²) in [4.78, 5) is 11.3. The molecule has 25 heavy (non-hydrogen) atoms. The minimum atomic E-state index is -3.87. The molecule has 0 bridgehead atoms. The summed E-state index contributed by atoms with van der Waals surface area (Å²) >= 11 is 0. The van der Waals surface area contributed by atoms with E-state index in [1.807, 2.05) is 19.9 Å². The lowest BCUT2D eigenvalue weighted by Gasteiger charge is -2.16. The molecule has 0 heterocycles. The number of rotatable bonds is 7. The number of amides is 1. The number of hydrogen-bond acceptors (Lipinski definition) is 4. The van der Waals surface area contributed by atoms with Crippen molar-refractivity contribution in [3.05, 3.63) is 59.7 Å². The van der Waals surface area contributed by atoms with Crippen molar-refractivity contribution in [2.75, 3.05) is 0 Å². The quantitative estimate of drug-likeness (QED) is 0.769. The molecule has 0 aliphatic carbocycles. The molecule has 0 aliphatic heterocycles. The van der Waals surface area contributed by atoms with Gasteiger partial charge in [-0.1, -0.05) is 36.8 Å². The number of carbonyl (C=O) groups is 1. The first-order valence-electron chi connectivity index (χ1n) is 8.17. The average molecular weight is 361 g/mol. The Kier molecular flexibility index (Phi) is 6.20. The van der Waals surface area contributed by atoms with Crippen molar-refractivity contribution in [2.24, 2.45) is 0 Å². The average Bonchev–Trinajstić information content (AvgIpc) is 2.54. The molecular formula is C19H23NO4S. The highest BCUT2D eigenvalue weighted by Gasteiger charge is 2.17. The van der Waals surface area contributed by atoms with Gasteiger partial charge in [-0.2, -0.15) is 8.42 Å². The Labute approximate surface area is 149 Å². The summed E-state index contributed by atoms with van der Waals surface area (Å²) < 4.78 is 30.0. The monoisotopic (exact) mass is 361 g/mol. The van der Waals surface area contributed by atoms with Crippen molar-refractivity contribution >= 4 is 16.0 Å². The molecule has 0 saturated heterocycles. The molecule has 5 nitrogen and oxygen atoms in total. The van der Waals surface area contributed by atoms with Crippen LogP contribution in [0.1, 0.15) is 31.4 Å². The molecule has 6 heteroatoms. The highest BCUT2D eigenvalue weighted by Crippen LogP contribution is 2.21. The smallest absolute Gasteiger partial charge is 0.339 e. The summed E-state index contributed by atoms with van der Waals surface area (Å²) in [6.07, 6.45) is 1.39. The predicted octanol–water partition coefficient (Wildman–Crippen LogP) is 3.22. The van der Waals surface area contributed by atoms with Gasteiger partial charge in [-0.05, 0) is 49.6 Å². The second-order valence-electron chi connectivity index (χ2n) is 6.01. The van der Waals surface area contributed by atoms with Crippen molar-refractivity contribution in [1.29, 1.82) is 0 Å². The summed E-state index contributed by atoms with van der Waals surface area (Å²) in [7, 11) is -3.87. The van der Waals surface area contributed by atoms with Crippen LogP contribution in [-0.2, 0) is 21.3 Å². The first-order valence-corrected chi connectivity index (χ1v) is 9.58. The molecule has 0 fully saturated rings. The summed E-state index contributed by atoms with van der Waals surface area (Å²) in [5.41, 5.74) is 1.88. The fourth-order valence-corrected chi connectivity index (χ4v) is 3.40. The third-order valence-electron chi connectivity index (χ3n) is 3.80. The Bertz CT molecular complexity index is 829. The molecular weight excluding hydrogens is 338 g/mol. The Hall–Kier alpha value is -2.34. The lowest BCUT2D eigenvalue weighted by molar-refractivity contribution is -0.119. The van der Waals surface area contributed by atoms with E-state index in [1.54, 1.807) is 30.3 Å². The molecule has 1 unspecified atom stereocenters. The van der Waals surface area contributed by atoms with E-state index >= 15 is 0 Å². The molecule has 1 N–H and O–H groups in total. The van der Waals surface area contributed by atoms with Crippen LogP contribution >= 0.6 is 0 Å². The van der Waals surface area contributed by atoms with E-state index in [4.69, 9.17) is 4.18 Å². The van der Waals surface area contributed by atoms with E-state index in [9.17, 15) is 13.2 Å². The van der Waals surface area contributed by atoms with Crippen LogP contribution in [0.2, 0.25) is 0 Å². The first kappa shape index (κ1) is 19.0. The van der Waals surface area contributed by atoms with Crippen LogP contribution in [0.3, 0.4) is 0 Å². The van der Waals surface area contributed by atoms with Crippen molar-refractivity contribution in [1.82, 2.24) is 5.32 Å². The standard InChI is InChI=1S/C19H23NO4S/c1-4-17(20-15(3)21)12-16-6-5-7-18(13-16)24-25(22,23)19-10-8-14(2)9-11-19/h5-11,13,17H,4,12H2,1-3H3,(H,20,21). The van der Waals surface area contributed by atoms with Gasteiger partial charge >= 0.3 is 10.1 Å². The van der Waals surface area contributed by atoms with Gasteiger partial charge < -0.3 is 9.50 Å². The predicted molar refractivity (Wildman–Crippen MR) is 97.0 cm³/mol. The van der Waals surface area contributed by atoms with Crippen LogP contribution in [0.4, 0.5) is 0 Å². The Morgan fingerprint density at radius 3 is 2.44 bits per heavy atom. The van der Waals surface area contributed by atoms with Gasteiger partial charge in [0.1, 0.15) is 10.6 Å². The molecule has 1 atom stereocenters. The van der Waals surface area contributed by atoms with Gasteiger partial charge in [0.2, 0.25) is 5.91 Å². The molecule has 0 aliphatic rings. The summed E-state index contributed by atoms with van der Waals surface area (Å²) in [6.45, 7) is 5.36. The van der Waals surface area contributed by atoms with E-state index in [2.05, 4.69) is 5.32 Å². The summed E-state index contributed by atoms with van der Waals surface area (Å²) in [5, 5.41) is 2.88. The van der Waals surface area contributed by atoms with Crippen LogP contribution in [0.25, 0.3) is 0 Å². The van der Waals surface area contributed by atoms with Crippen molar-refractivity contribution in [2.45, 2.75) is 44.6 Å². The van der Waals surface area contributed by atoms with E-state index in [1.165, 1.54) is 19.1 Å². The van der Waals surface area contributed by atoms with Gasteiger partial charge in [-0.25, -0.2) is 0 Å². The van der Waals surface area contributed by atoms with Gasteiger partial charge in [-0.15, -0.1) is 0 Å². The lowest BCUT2D eigenvalue weighted by Crippen LogP contribution is -2.34. The zero-order valence-electron chi connectivity index (χ0n) is 14.7. The van der Waals surface area contributed by atoms with E-state index in [0.29, 0.717) is 6.42 Å². The summed E-state index contributed by atoms with van der Waals surface area (Å²) in [5.74, 6) is 0.178. The van der Waals surface area contributed by atoms with Crippen LogP contribution in [-0.4, -0.2) is 20.4 Å². The van der Waals surface area contributed by atoms with E-state index in [-0.39, 0.29) is 22.6 Å². The van der Waals surface area contributed by atoms with Crippen LogP contribution in [0.5, 0.6) is 5.75 Å². The lowest BCUT2D eigenvalue weighted by atomic mass is 10.0. The number of nitrogens with one attached hydrogen (secondary N) is 1. The second-order valence-corrected chi connectivity index (χ2v) is 7.55. The highest BCUT2D eigenvalue weighted by atomic mass is 32.2. The van der Waals surface area contributed by atoms with E-state index in [0.717, 1.165) is 17.5 Å². The molecule has 0 radical (unpaired) electrons. The molecule has 0 saturated carbocycles. The topological polar surface area (TPSA) is 72.5 Å².